The van der Waals surface area contributed by atoms with Crippen molar-refractivity contribution in [3.05, 3.63) is 65.5 Å². The number of fused-ring (bicyclic) bond motifs is 3. The molecule has 0 saturated carbocycles. The van der Waals surface area contributed by atoms with Gasteiger partial charge in [0.25, 0.3) is 0 Å². The lowest BCUT2D eigenvalue weighted by Gasteiger charge is -2.16. The molecule has 0 unspecified atom stereocenters. The van der Waals surface area contributed by atoms with E-state index in [0.717, 1.165) is 0 Å². The van der Waals surface area contributed by atoms with E-state index in [-0.39, 0.29) is 0 Å². The highest BCUT2D eigenvalue weighted by Gasteiger charge is 2.35. The molecule has 5 nitrogen and oxygen atoms in total. The number of hydrogen-bond acceptors (Lipinski definition) is 4. The number of aryl methyl sites for hydroxylation is 1. The van der Waals surface area contributed by atoms with E-state index in [1.807, 2.05) is 30.3 Å². The Kier molecular flexibility index (Phi) is 2.56. The lowest BCUT2D eigenvalue weighted by molar-refractivity contribution is 0.0815. The van der Waals surface area contributed by atoms with Crippen LogP contribution in [0.15, 0.2) is 48.7 Å². The molecule has 3 aromatic rings. The van der Waals surface area contributed by atoms with Gasteiger partial charge < -0.3 is 0 Å². The van der Waals surface area contributed by atoms with Crippen LogP contribution in [-0.2, 0) is 0 Å². The highest BCUT2D eigenvalue weighted by Crippen LogP contribution is 2.36. The van der Waals surface area contributed by atoms with E-state index >= 15 is 0 Å². The molecule has 0 radical (unpaired) electrons. The zero-order valence-electron chi connectivity index (χ0n) is 11.8. The Morgan fingerprint density at radius 2 is 1.64 bits per heavy atom. The van der Waals surface area contributed by atoms with Gasteiger partial charge in [0.15, 0.2) is 5.82 Å². The van der Waals surface area contributed by atoms with Gasteiger partial charge in [0.2, 0.25) is 11.6 Å². The van der Waals surface area contributed by atoms with Gasteiger partial charge in [-0.3, -0.25) is 9.59 Å². The molecule has 5 heteroatoms. The van der Waals surface area contributed by atoms with Gasteiger partial charge in [0, 0.05) is 17.3 Å². The van der Waals surface area contributed by atoms with Gasteiger partial charge in [-0.15, -0.1) is 0 Å². The number of hydrogen-bond donors (Lipinski definition) is 0. The summed E-state index contributed by atoms with van der Waals surface area (Å²) in [5.74, 6) is -0.371. The SMILES string of the molecule is Cc1nn(-c2ccccn2)c2c1C(=O)C(=O)c1ccccc1-2. The molecular weight excluding hydrogens is 278 g/mol. The average Bonchev–Trinajstić information content (AvgIpc) is 2.91. The summed E-state index contributed by atoms with van der Waals surface area (Å²) in [5.41, 5.74) is 2.67. The van der Waals surface area contributed by atoms with Crippen molar-refractivity contribution in [1.29, 1.82) is 0 Å². The molecule has 2 heterocycles. The number of aromatic nitrogens is 3. The number of carbonyl (C=O) groups excluding carboxylic acids is 2. The van der Waals surface area contributed by atoms with Gasteiger partial charge in [-0.25, -0.2) is 9.67 Å². The van der Waals surface area contributed by atoms with Crippen LogP contribution in [0.25, 0.3) is 17.1 Å². The third-order valence-electron chi connectivity index (χ3n) is 3.79. The average molecular weight is 289 g/mol. The van der Waals surface area contributed by atoms with Crippen LogP contribution >= 0.6 is 0 Å². The maximum absolute atomic E-state index is 12.4. The predicted molar refractivity (Wildman–Crippen MR) is 80.2 cm³/mol. The van der Waals surface area contributed by atoms with Gasteiger partial charge in [-0.2, -0.15) is 5.10 Å². The first-order valence-electron chi connectivity index (χ1n) is 6.88. The molecule has 1 aliphatic carbocycles. The highest BCUT2D eigenvalue weighted by molar-refractivity contribution is 6.53. The van der Waals surface area contributed by atoms with Crippen molar-refractivity contribution in [3.63, 3.8) is 0 Å². The fourth-order valence-electron chi connectivity index (χ4n) is 2.82. The van der Waals surface area contributed by atoms with Crippen molar-refractivity contribution in [1.82, 2.24) is 14.8 Å². The number of Topliss-reactive ketones (excluding diaryl/α,β-unsaturated/α-hetero) is 2. The first-order valence-corrected chi connectivity index (χ1v) is 6.88. The van der Waals surface area contributed by atoms with E-state index in [0.29, 0.717) is 33.9 Å². The fraction of sp³-hybridized carbons (Fsp3) is 0.0588. The number of pyridine rings is 1. The molecule has 0 fully saturated rings. The molecule has 0 saturated heterocycles. The molecule has 0 spiro atoms. The van der Waals surface area contributed by atoms with Crippen molar-refractivity contribution in [2.45, 2.75) is 6.92 Å². The minimum Gasteiger partial charge on any atom is -0.285 e. The number of rotatable bonds is 1. The molecule has 0 atom stereocenters. The van der Waals surface area contributed by atoms with E-state index in [9.17, 15) is 9.59 Å². The lowest BCUT2D eigenvalue weighted by Crippen LogP contribution is -2.22. The Morgan fingerprint density at radius 1 is 0.909 bits per heavy atom. The Morgan fingerprint density at radius 3 is 2.36 bits per heavy atom. The third-order valence-corrected chi connectivity index (χ3v) is 3.79. The molecule has 4 rings (SSSR count). The summed E-state index contributed by atoms with van der Waals surface area (Å²) in [6, 6.07) is 12.6. The van der Waals surface area contributed by atoms with Crippen LogP contribution in [0.3, 0.4) is 0 Å². The number of nitrogens with zero attached hydrogens (tertiary/aromatic N) is 3. The normalized spacial score (nSPS) is 13.0. The molecule has 2 aromatic heterocycles. The largest absolute Gasteiger partial charge is 0.285 e. The minimum absolute atomic E-state index is 0.370. The van der Waals surface area contributed by atoms with E-state index < -0.39 is 11.6 Å². The van der Waals surface area contributed by atoms with Crippen LogP contribution < -0.4 is 0 Å². The summed E-state index contributed by atoms with van der Waals surface area (Å²) < 4.78 is 1.63. The summed E-state index contributed by atoms with van der Waals surface area (Å²) in [7, 11) is 0. The maximum Gasteiger partial charge on any atom is 0.237 e. The van der Waals surface area contributed by atoms with Crippen molar-refractivity contribution in [2.75, 3.05) is 0 Å². The van der Waals surface area contributed by atoms with E-state index in [1.54, 1.807) is 29.9 Å². The number of ketones is 2. The lowest BCUT2D eigenvalue weighted by atomic mass is 9.87. The maximum atomic E-state index is 12.4. The van der Waals surface area contributed by atoms with Crippen molar-refractivity contribution in [3.8, 4) is 17.1 Å². The standard InChI is InChI=1S/C17H11N3O2/c1-10-14-15(20(19-10)13-8-4-5-9-18-13)11-6-2-3-7-12(11)16(21)17(14)22/h2-9H,1H3. The number of benzene rings is 1. The summed E-state index contributed by atoms with van der Waals surface area (Å²) >= 11 is 0. The van der Waals surface area contributed by atoms with Crippen LogP contribution in [0.5, 0.6) is 0 Å². The van der Waals surface area contributed by atoms with Crippen molar-refractivity contribution >= 4 is 11.6 Å². The molecule has 1 aliphatic rings. The Hall–Kier alpha value is -3.08. The quantitative estimate of drug-likeness (QED) is 0.646. The zero-order chi connectivity index (χ0) is 15.3. The van der Waals surface area contributed by atoms with Crippen LogP contribution in [0.4, 0.5) is 0 Å². The molecular formula is C17H11N3O2. The summed E-state index contributed by atoms with van der Waals surface area (Å²) in [5, 5.41) is 4.43. The van der Waals surface area contributed by atoms with Gasteiger partial charge in [0.05, 0.1) is 17.0 Å². The Labute approximate surface area is 126 Å². The summed E-state index contributed by atoms with van der Waals surface area (Å²) in [4.78, 5) is 29.0. The molecule has 0 amide bonds. The molecule has 0 N–H and O–H groups in total. The summed E-state index contributed by atoms with van der Waals surface area (Å²) in [6.45, 7) is 1.73. The van der Waals surface area contributed by atoms with E-state index in [2.05, 4.69) is 10.1 Å². The van der Waals surface area contributed by atoms with Crippen LogP contribution in [-0.4, -0.2) is 26.3 Å². The molecule has 106 valence electrons. The van der Waals surface area contributed by atoms with E-state index in [1.165, 1.54) is 0 Å². The highest BCUT2D eigenvalue weighted by atomic mass is 16.2. The second-order valence-electron chi connectivity index (χ2n) is 5.11. The van der Waals surface area contributed by atoms with E-state index in [4.69, 9.17) is 0 Å². The second kappa shape index (κ2) is 4.46. The van der Waals surface area contributed by atoms with Crippen LogP contribution in [0.1, 0.15) is 26.4 Å². The molecule has 1 aromatic carbocycles. The van der Waals surface area contributed by atoms with Gasteiger partial charge in [-0.05, 0) is 19.1 Å². The first kappa shape index (κ1) is 12.6. The third kappa shape index (κ3) is 1.59. The summed E-state index contributed by atoms with van der Waals surface area (Å²) in [6.07, 6.45) is 1.67. The Bertz CT molecular complexity index is 926. The molecule has 22 heavy (non-hydrogen) atoms. The van der Waals surface area contributed by atoms with Crippen molar-refractivity contribution < 1.29 is 9.59 Å². The van der Waals surface area contributed by atoms with Crippen molar-refractivity contribution in [2.24, 2.45) is 0 Å². The van der Waals surface area contributed by atoms with Crippen LogP contribution in [0, 0.1) is 6.92 Å². The first-order chi connectivity index (χ1) is 10.7. The Balaban J connectivity index is 2.10. The molecule has 0 bridgehead atoms. The fourth-order valence-corrected chi connectivity index (χ4v) is 2.82. The monoisotopic (exact) mass is 289 g/mol. The minimum atomic E-state index is -0.506. The van der Waals surface area contributed by atoms with Gasteiger partial charge in [0.1, 0.15) is 0 Å². The predicted octanol–water partition coefficient (Wildman–Crippen LogP) is 2.62. The zero-order valence-corrected chi connectivity index (χ0v) is 11.8. The molecule has 0 aliphatic heterocycles. The smallest absolute Gasteiger partial charge is 0.237 e. The number of carbonyl (C=O) groups is 2. The van der Waals surface area contributed by atoms with Crippen LogP contribution in [0.2, 0.25) is 0 Å². The topological polar surface area (TPSA) is 64.8 Å². The second-order valence-corrected chi connectivity index (χ2v) is 5.11. The van der Waals surface area contributed by atoms with Gasteiger partial charge in [-0.1, -0.05) is 30.3 Å². The van der Waals surface area contributed by atoms with Gasteiger partial charge >= 0.3 is 0 Å².